The molecule has 0 spiro atoms. The van der Waals surface area contributed by atoms with Gasteiger partial charge < -0.3 is 13.9 Å². The van der Waals surface area contributed by atoms with E-state index < -0.39 is 14.3 Å². The van der Waals surface area contributed by atoms with Crippen LogP contribution in [0.25, 0.3) is 0 Å². The number of nitrogens with zero attached hydrogens (tertiary/aromatic N) is 2. The van der Waals surface area contributed by atoms with E-state index in [1.807, 2.05) is 19.1 Å². The van der Waals surface area contributed by atoms with Gasteiger partial charge >= 0.3 is 12.0 Å². The van der Waals surface area contributed by atoms with Crippen LogP contribution >= 0.6 is 0 Å². The summed E-state index contributed by atoms with van der Waals surface area (Å²) in [6.45, 7) is 12.9. The molecule has 7 heteroatoms. The Bertz CT molecular complexity index is 655. The molecule has 0 radical (unpaired) electrons. The van der Waals surface area contributed by atoms with Gasteiger partial charge in [-0.1, -0.05) is 20.8 Å². The zero-order chi connectivity index (χ0) is 17.4. The standard InChI is InChI=1S/C16H24N2O4Si/c1-11-13(22-23(5,6)16(2,3)4)8-7-9-18(11)15-17-12(10-21-15)14(19)20/h7-11H,1-6H3,(H,19,20)/t11-/m0/s1. The van der Waals surface area contributed by atoms with Crippen molar-refractivity contribution in [3.8, 4) is 0 Å². The average Bonchev–Trinajstić information content (AvgIpc) is 2.89. The molecule has 1 aliphatic rings. The molecular weight excluding hydrogens is 312 g/mol. The van der Waals surface area contributed by atoms with E-state index in [1.165, 1.54) is 0 Å². The first-order valence-electron chi connectivity index (χ1n) is 7.57. The summed E-state index contributed by atoms with van der Waals surface area (Å²) >= 11 is 0. The molecule has 0 aliphatic carbocycles. The molecule has 0 amide bonds. The Morgan fingerprint density at radius 2 is 2.09 bits per heavy atom. The molecule has 0 bridgehead atoms. The molecule has 1 aromatic heterocycles. The summed E-state index contributed by atoms with van der Waals surface area (Å²) in [5.74, 6) is -0.268. The number of hydrogen-bond acceptors (Lipinski definition) is 5. The Morgan fingerprint density at radius 1 is 1.43 bits per heavy atom. The lowest BCUT2D eigenvalue weighted by molar-refractivity contribution is 0.0690. The first kappa shape index (κ1) is 17.3. The third-order valence-electron chi connectivity index (χ3n) is 4.45. The van der Waals surface area contributed by atoms with E-state index in [0.717, 1.165) is 12.0 Å². The Hall–Kier alpha value is -2.02. The van der Waals surface area contributed by atoms with Gasteiger partial charge in [0.15, 0.2) is 5.69 Å². The van der Waals surface area contributed by atoms with Crippen LogP contribution in [0.15, 0.2) is 34.8 Å². The predicted octanol–water partition coefficient (Wildman–Crippen LogP) is 4.00. The number of hydrogen-bond donors (Lipinski definition) is 1. The van der Waals surface area contributed by atoms with Crippen molar-refractivity contribution in [1.82, 2.24) is 4.98 Å². The van der Waals surface area contributed by atoms with Crippen molar-refractivity contribution >= 4 is 20.3 Å². The van der Waals surface area contributed by atoms with Gasteiger partial charge in [-0.2, -0.15) is 4.98 Å². The van der Waals surface area contributed by atoms with Crippen LogP contribution in [0.5, 0.6) is 0 Å². The van der Waals surface area contributed by atoms with Crippen LogP contribution in [0.3, 0.4) is 0 Å². The number of oxazole rings is 1. The summed E-state index contributed by atoms with van der Waals surface area (Å²) in [6, 6.07) is 0.130. The summed E-state index contributed by atoms with van der Waals surface area (Å²) in [5.41, 5.74) is -0.109. The average molecular weight is 336 g/mol. The molecule has 0 saturated carbocycles. The van der Waals surface area contributed by atoms with E-state index in [4.69, 9.17) is 13.9 Å². The van der Waals surface area contributed by atoms with Crippen molar-refractivity contribution in [2.45, 2.75) is 51.9 Å². The first-order chi connectivity index (χ1) is 10.5. The summed E-state index contributed by atoms with van der Waals surface area (Å²) in [6.07, 6.45) is 6.75. The van der Waals surface area contributed by atoms with Crippen molar-refractivity contribution in [3.63, 3.8) is 0 Å². The molecular formula is C16H24N2O4Si. The number of carboxylic acid groups (broad SMARTS) is 1. The number of aromatic nitrogens is 1. The third kappa shape index (κ3) is 3.50. The molecule has 126 valence electrons. The summed E-state index contributed by atoms with van der Waals surface area (Å²) in [4.78, 5) is 16.7. The molecule has 2 rings (SSSR count). The SMILES string of the molecule is C[C@H]1C(O[Si](C)(C)C(C)(C)C)=CC=CN1c1nc(C(=O)O)co1. The molecule has 23 heavy (non-hydrogen) atoms. The number of carbonyl (C=O) groups is 1. The van der Waals surface area contributed by atoms with Gasteiger partial charge in [-0.3, -0.25) is 4.90 Å². The second-order valence-electron chi connectivity index (χ2n) is 7.18. The maximum absolute atomic E-state index is 11.0. The third-order valence-corrected chi connectivity index (χ3v) is 8.81. The van der Waals surface area contributed by atoms with Crippen LogP contribution in [0, 0.1) is 0 Å². The molecule has 0 unspecified atom stereocenters. The predicted molar refractivity (Wildman–Crippen MR) is 90.9 cm³/mol. The number of rotatable bonds is 4. The van der Waals surface area contributed by atoms with Crippen molar-refractivity contribution in [1.29, 1.82) is 0 Å². The quantitative estimate of drug-likeness (QED) is 0.838. The zero-order valence-electron chi connectivity index (χ0n) is 14.5. The highest BCUT2D eigenvalue weighted by atomic mass is 28.4. The largest absolute Gasteiger partial charge is 0.545 e. The van der Waals surface area contributed by atoms with Gasteiger partial charge in [0.25, 0.3) is 0 Å². The normalized spacial score (nSPS) is 18.8. The zero-order valence-corrected chi connectivity index (χ0v) is 15.5. The molecule has 0 saturated heterocycles. The van der Waals surface area contributed by atoms with Gasteiger partial charge in [0.05, 0.1) is 6.04 Å². The fourth-order valence-corrected chi connectivity index (χ4v) is 3.05. The van der Waals surface area contributed by atoms with Crippen LogP contribution in [0.1, 0.15) is 38.2 Å². The van der Waals surface area contributed by atoms with E-state index in [2.05, 4.69) is 38.8 Å². The molecule has 6 nitrogen and oxygen atoms in total. The Balaban J connectivity index is 2.21. The van der Waals surface area contributed by atoms with Crippen LogP contribution in [0.4, 0.5) is 6.01 Å². The second kappa shape index (κ2) is 5.88. The topological polar surface area (TPSA) is 75.8 Å². The Kier molecular flexibility index (Phi) is 4.43. The van der Waals surface area contributed by atoms with Crippen molar-refractivity contribution in [3.05, 3.63) is 36.1 Å². The van der Waals surface area contributed by atoms with Crippen molar-refractivity contribution in [2.75, 3.05) is 4.90 Å². The fraction of sp³-hybridized carbons (Fsp3) is 0.500. The molecule has 1 N–H and O–H groups in total. The highest BCUT2D eigenvalue weighted by Crippen LogP contribution is 2.39. The lowest BCUT2D eigenvalue weighted by Crippen LogP contribution is -2.44. The number of aromatic carboxylic acids is 1. The van der Waals surface area contributed by atoms with Crippen LogP contribution in [-0.2, 0) is 4.43 Å². The molecule has 1 aliphatic heterocycles. The monoisotopic (exact) mass is 336 g/mol. The van der Waals surface area contributed by atoms with E-state index >= 15 is 0 Å². The van der Waals surface area contributed by atoms with Crippen LogP contribution in [0.2, 0.25) is 18.1 Å². The van der Waals surface area contributed by atoms with E-state index in [0.29, 0.717) is 0 Å². The summed E-state index contributed by atoms with van der Waals surface area (Å²) in [7, 11) is -1.95. The van der Waals surface area contributed by atoms with Gasteiger partial charge in [0, 0.05) is 6.20 Å². The minimum Gasteiger partial charge on any atom is -0.545 e. The smallest absolute Gasteiger partial charge is 0.357 e. The van der Waals surface area contributed by atoms with Gasteiger partial charge in [-0.15, -0.1) is 0 Å². The molecule has 1 atom stereocenters. The number of carboxylic acids is 1. The first-order valence-corrected chi connectivity index (χ1v) is 10.5. The van der Waals surface area contributed by atoms with E-state index in [1.54, 1.807) is 11.1 Å². The molecule has 0 fully saturated rings. The van der Waals surface area contributed by atoms with E-state index in [-0.39, 0.29) is 22.8 Å². The minimum absolute atomic E-state index is 0.0962. The summed E-state index contributed by atoms with van der Waals surface area (Å²) < 4.78 is 11.7. The number of allylic oxidation sites excluding steroid dienone is 2. The van der Waals surface area contributed by atoms with Gasteiger partial charge in [-0.25, -0.2) is 4.79 Å². The molecule has 1 aromatic rings. The molecule has 2 heterocycles. The van der Waals surface area contributed by atoms with Crippen molar-refractivity contribution < 1.29 is 18.7 Å². The highest BCUT2D eigenvalue weighted by molar-refractivity contribution is 6.74. The Labute approximate surface area is 137 Å². The minimum atomic E-state index is -1.95. The van der Waals surface area contributed by atoms with Gasteiger partial charge in [-0.05, 0) is 37.2 Å². The maximum Gasteiger partial charge on any atom is 0.357 e. The second-order valence-corrected chi connectivity index (χ2v) is 11.9. The van der Waals surface area contributed by atoms with Gasteiger partial charge in [0.2, 0.25) is 8.32 Å². The fourth-order valence-electron chi connectivity index (χ4n) is 1.91. The summed E-state index contributed by atoms with van der Waals surface area (Å²) in [5, 5.41) is 9.06. The number of anilines is 1. The lowest BCUT2D eigenvalue weighted by Gasteiger charge is -2.40. The van der Waals surface area contributed by atoms with Crippen LogP contribution < -0.4 is 4.90 Å². The molecule has 0 aromatic carbocycles. The maximum atomic E-state index is 11.0. The van der Waals surface area contributed by atoms with Crippen LogP contribution in [-0.4, -0.2) is 30.4 Å². The van der Waals surface area contributed by atoms with E-state index in [9.17, 15) is 4.79 Å². The Morgan fingerprint density at radius 3 is 2.61 bits per heavy atom. The van der Waals surface area contributed by atoms with Crippen molar-refractivity contribution in [2.24, 2.45) is 0 Å². The highest BCUT2D eigenvalue weighted by Gasteiger charge is 2.41. The van der Waals surface area contributed by atoms with Gasteiger partial charge in [0.1, 0.15) is 12.0 Å². The lowest BCUT2D eigenvalue weighted by atomic mass is 10.2.